The molecule has 0 saturated carbocycles. The maximum atomic E-state index is 3.93. The van der Waals surface area contributed by atoms with E-state index < -0.39 is 0 Å². The van der Waals surface area contributed by atoms with Gasteiger partial charge in [-0.25, -0.2) is 0 Å². The summed E-state index contributed by atoms with van der Waals surface area (Å²) in [5.74, 6) is 0. The van der Waals surface area contributed by atoms with E-state index in [9.17, 15) is 0 Å². The highest BCUT2D eigenvalue weighted by Gasteiger charge is 2.34. The maximum absolute atomic E-state index is 3.93. The predicted molar refractivity (Wildman–Crippen MR) is 90.9 cm³/mol. The number of benzene rings is 2. The van der Waals surface area contributed by atoms with Gasteiger partial charge in [-0.1, -0.05) is 48.0 Å². The molecule has 0 aliphatic carbocycles. The Morgan fingerprint density at radius 1 is 1.00 bits per heavy atom. The van der Waals surface area contributed by atoms with Gasteiger partial charge in [0.05, 0.1) is 11.4 Å². The van der Waals surface area contributed by atoms with Crippen LogP contribution in [-0.4, -0.2) is 13.1 Å². The van der Waals surface area contributed by atoms with Crippen molar-refractivity contribution in [2.24, 2.45) is 0 Å². The number of aryl methyl sites for hydroxylation is 1. The van der Waals surface area contributed by atoms with Crippen molar-refractivity contribution in [3.8, 4) is 0 Å². The number of anilines is 2. The molecule has 1 aliphatic heterocycles. The van der Waals surface area contributed by atoms with Crippen LogP contribution in [-0.2, 0) is 0 Å². The number of para-hydroxylation sites is 2. The molecular weight excluding hydrogens is 256 g/mol. The van der Waals surface area contributed by atoms with Crippen LogP contribution in [0.3, 0.4) is 0 Å². The van der Waals surface area contributed by atoms with E-state index in [0.29, 0.717) is 0 Å². The summed E-state index contributed by atoms with van der Waals surface area (Å²) < 4.78 is 0. The quantitative estimate of drug-likeness (QED) is 0.758. The van der Waals surface area contributed by atoms with Crippen LogP contribution < -0.4 is 9.80 Å². The van der Waals surface area contributed by atoms with Crippen molar-refractivity contribution in [2.75, 3.05) is 22.9 Å². The third kappa shape index (κ3) is 2.31. The van der Waals surface area contributed by atoms with Crippen molar-refractivity contribution in [3.05, 3.63) is 72.3 Å². The Hall–Kier alpha value is -2.22. The van der Waals surface area contributed by atoms with Gasteiger partial charge in [-0.05, 0) is 31.5 Å². The molecule has 1 aliphatic rings. The first kappa shape index (κ1) is 13.7. The van der Waals surface area contributed by atoms with E-state index in [1.807, 2.05) is 6.08 Å². The van der Waals surface area contributed by atoms with Gasteiger partial charge in [-0.3, -0.25) is 0 Å². The van der Waals surface area contributed by atoms with E-state index in [0.717, 1.165) is 13.1 Å². The molecule has 2 nitrogen and oxygen atoms in total. The van der Waals surface area contributed by atoms with Gasteiger partial charge in [-0.2, -0.15) is 0 Å². The lowest BCUT2D eigenvalue weighted by Gasteiger charge is -2.32. The Labute approximate surface area is 127 Å². The van der Waals surface area contributed by atoms with E-state index in [1.165, 1.54) is 22.5 Å². The minimum Gasteiger partial charge on any atom is -0.346 e. The number of hydrogen-bond donors (Lipinski definition) is 0. The van der Waals surface area contributed by atoms with Crippen LogP contribution in [0.15, 0.2) is 61.2 Å². The average molecular weight is 278 g/mol. The van der Waals surface area contributed by atoms with Crippen molar-refractivity contribution in [1.82, 2.24) is 0 Å². The largest absolute Gasteiger partial charge is 0.346 e. The second-order valence-corrected chi connectivity index (χ2v) is 5.50. The van der Waals surface area contributed by atoms with Crippen LogP contribution in [0, 0.1) is 6.92 Å². The fourth-order valence-electron chi connectivity index (χ4n) is 3.16. The molecule has 2 heteroatoms. The molecule has 0 fully saturated rings. The second-order valence-electron chi connectivity index (χ2n) is 5.50. The van der Waals surface area contributed by atoms with Crippen molar-refractivity contribution < 1.29 is 0 Å². The average Bonchev–Trinajstić information content (AvgIpc) is 2.83. The van der Waals surface area contributed by atoms with Gasteiger partial charge in [0.2, 0.25) is 0 Å². The van der Waals surface area contributed by atoms with Crippen LogP contribution >= 0.6 is 0 Å². The summed E-state index contributed by atoms with van der Waals surface area (Å²) in [6.45, 7) is 10.1. The van der Waals surface area contributed by atoms with Gasteiger partial charge in [-0.15, -0.1) is 6.58 Å². The first-order valence-corrected chi connectivity index (χ1v) is 7.56. The van der Waals surface area contributed by atoms with Crippen molar-refractivity contribution in [1.29, 1.82) is 0 Å². The highest BCUT2D eigenvalue weighted by atomic mass is 15.4. The van der Waals surface area contributed by atoms with E-state index >= 15 is 0 Å². The third-order valence-electron chi connectivity index (χ3n) is 4.13. The van der Waals surface area contributed by atoms with E-state index in [4.69, 9.17) is 0 Å². The fourth-order valence-corrected chi connectivity index (χ4v) is 3.16. The highest BCUT2D eigenvalue weighted by Crippen LogP contribution is 2.45. The molecule has 2 aromatic rings. The molecule has 1 atom stereocenters. The monoisotopic (exact) mass is 278 g/mol. The van der Waals surface area contributed by atoms with Crippen molar-refractivity contribution in [3.63, 3.8) is 0 Å². The summed E-state index contributed by atoms with van der Waals surface area (Å²) in [6.07, 6.45) is 2.24. The Morgan fingerprint density at radius 3 is 2.19 bits per heavy atom. The van der Waals surface area contributed by atoms with Gasteiger partial charge in [0.25, 0.3) is 0 Å². The molecule has 0 bridgehead atoms. The summed E-state index contributed by atoms with van der Waals surface area (Å²) >= 11 is 0. The van der Waals surface area contributed by atoms with Gasteiger partial charge in [0.1, 0.15) is 6.17 Å². The lowest BCUT2D eigenvalue weighted by Crippen LogP contribution is -2.35. The van der Waals surface area contributed by atoms with Crippen LogP contribution in [0.1, 0.15) is 24.2 Å². The molecule has 3 rings (SSSR count). The van der Waals surface area contributed by atoms with Gasteiger partial charge >= 0.3 is 0 Å². The summed E-state index contributed by atoms with van der Waals surface area (Å²) in [7, 11) is 0. The van der Waals surface area contributed by atoms with E-state index in [1.54, 1.807) is 0 Å². The van der Waals surface area contributed by atoms with E-state index in [-0.39, 0.29) is 6.17 Å². The number of hydrogen-bond acceptors (Lipinski definition) is 2. The van der Waals surface area contributed by atoms with Crippen LogP contribution in [0.2, 0.25) is 0 Å². The minimum absolute atomic E-state index is 0.256. The zero-order chi connectivity index (χ0) is 14.8. The van der Waals surface area contributed by atoms with Crippen LogP contribution in [0.4, 0.5) is 11.4 Å². The van der Waals surface area contributed by atoms with E-state index in [2.05, 4.69) is 78.8 Å². The highest BCUT2D eigenvalue weighted by molar-refractivity contribution is 5.78. The Balaban J connectivity index is 2.09. The molecule has 0 aromatic heterocycles. The van der Waals surface area contributed by atoms with Crippen LogP contribution in [0.5, 0.6) is 0 Å². The molecular formula is C19H22N2. The summed E-state index contributed by atoms with van der Waals surface area (Å²) in [6, 6.07) is 17.5. The minimum atomic E-state index is 0.256. The number of nitrogens with zero attached hydrogens (tertiary/aromatic N) is 2. The van der Waals surface area contributed by atoms with Gasteiger partial charge in [0, 0.05) is 13.1 Å². The molecule has 1 heterocycles. The molecule has 0 amide bonds. The first-order chi connectivity index (χ1) is 10.3. The zero-order valence-electron chi connectivity index (χ0n) is 12.8. The smallest absolute Gasteiger partial charge is 0.128 e. The first-order valence-electron chi connectivity index (χ1n) is 7.56. The maximum Gasteiger partial charge on any atom is 0.128 e. The molecule has 108 valence electrons. The molecule has 0 saturated heterocycles. The van der Waals surface area contributed by atoms with Crippen molar-refractivity contribution in [2.45, 2.75) is 20.0 Å². The molecule has 2 aromatic carbocycles. The van der Waals surface area contributed by atoms with Crippen LogP contribution in [0.25, 0.3) is 0 Å². The topological polar surface area (TPSA) is 6.48 Å². The Bertz CT molecular complexity index is 630. The Kier molecular flexibility index (Phi) is 3.70. The molecule has 0 N–H and O–H groups in total. The lowest BCUT2D eigenvalue weighted by molar-refractivity contribution is 0.640. The standard InChI is InChI=1S/C19H22N2/c1-4-14-21-18-9-7-6-8-17(18)20(5-2)19(21)16-12-10-15(3)11-13-16/h4,6-13,19H,1,5,14H2,2-3H3. The second kappa shape index (κ2) is 5.65. The fraction of sp³-hybridized carbons (Fsp3) is 0.263. The molecule has 0 radical (unpaired) electrons. The summed E-state index contributed by atoms with van der Waals surface area (Å²) in [5.41, 5.74) is 5.24. The summed E-state index contributed by atoms with van der Waals surface area (Å²) in [5, 5.41) is 0. The lowest BCUT2D eigenvalue weighted by atomic mass is 10.1. The molecule has 21 heavy (non-hydrogen) atoms. The van der Waals surface area contributed by atoms with Gasteiger partial charge in [0.15, 0.2) is 0 Å². The zero-order valence-corrected chi connectivity index (χ0v) is 12.8. The molecule has 1 unspecified atom stereocenters. The Morgan fingerprint density at radius 2 is 1.62 bits per heavy atom. The number of rotatable bonds is 4. The van der Waals surface area contributed by atoms with Gasteiger partial charge < -0.3 is 9.80 Å². The predicted octanol–water partition coefficient (Wildman–Crippen LogP) is 4.53. The third-order valence-corrected chi connectivity index (χ3v) is 4.13. The summed E-state index contributed by atoms with van der Waals surface area (Å²) in [4.78, 5) is 4.89. The number of fused-ring (bicyclic) bond motifs is 1. The molecule has 0 spiro atoms. The SMILES string of the molecule is C=CCN1c2ccccc2N(CC)C1c1ccc(C)cc1. The normalized spacial score (nSPS) is 17.0. The van der Waals surface area contributed by atoms with Crippen molar-refractivity contribution >= 4 is 11.4 Å².